The molecule has 2 aromatic rings. The molecule has 2 atom stereocenters. The summed E-state index contributed by atoms with van der Waals surface area (Å²) in [6.07, 6.45) is -0.522. The molecule has 1 aliphatic rings. The zero-order valence-corrected chi connectivity index (χ0v) is 13.8. The smallest absolute Gasteiger partial charge is 0.415 e. The van der Waals surface area contributed by atoms with Crippen LogP contribution in [0.1, 0.15) is 18.6 Å². The van der Waals surface area contributed by atoms with Gasteiger partial charge in [0.1, 0.15) is 17.6 Å². The van der Waals surface area contributed by atoms with Gasteiger partial charge >= 0.3 is 6.09 Å². The second kappa shape index (κ2) is 7.36. The topological polar surface area (TPSA) is 48.0 Å². The summed E-state index contributed by atoms with van der Waals surface area (Å²) in [7, 11) is 1.63. The minimum absolute atomic E-state index is 0.0317. The van der Waals surface area contributed by atoms with Crippen LogP contribution in [0.25, 0.3) is 0 Å². The lowest BCUT2D eigenvalue weighted by atomic mass is 10.1. The SMILES string of the molecule is COc1ccc(C2CN(C(=O)Oc3ccccc3)C(C)CO2)cc1. The molecule has 0 N–H and O–H groups in total. The molecule has 1 aliphatic heterocycles. The summed E-state index contributed by atoms with van der Waals surface area (Å²) in [5, 5.41) is 0. The van der Waals surface area contributed by atoms with Crippen molar-refractivity contribution >= 4 is 6.09 Å². The molecule has 1 saturated heterocycles. The Bertz CT molecular complexity index is 672. The van der Waals surface area contributed by atoms with Crippen LogP contribution in [-0.4, -0.2) is 37.3 Å². The molecule has 0 bridgehead atoms. The van der Waals surface area contributed by atoms with E-state index in [-0.39, 0.29) is 18.2 Å². The number of hydrogen-bond acceptors (Lipinski definition) is 4. The molecule has 1 heterocycles. The average Bonchev–Trinajstić information content (AvgIpc) is 2.63. The van der Waals surface area contributed by atoms with Gasteiger partial charge in [-0.2, -0.15) is 0 Å². The predicted molar refractivity (Wildman–Crippen MR) is 90.3 cm³/mol. The lowest BCUT2D eigenvalue weighted by molar-refractivity contribution is -0.0491. The van der Waals surface area contributed by atoms with Gasteiger partial charge in [0.25, 0.3) is 0 Å². The summed E-state index contributed by atoms with van der Waals surface area (Å²) in [6, 6.07) is 16.8. The van der Waals surface area contributed by atoms with Gasteiger partial charge in [0.2, 0.25) is 0 Å². The summed E-state index contributed by atoms with van der Waals surface area (Å²) >= 11 is 0. The second-order valence-corrected chi connectivity index (χ2v) is 5.78. The van der Waals surface area contributed by atoms with Gasteiger partial charge in [-0.3, -0.25) is 4.90 Å². The van der Waals surface area contributed by atoms with Gasteiger partial charge < -0.3 is 14.2 Å². The molecule has 0 aliphatic carbocycles. The first kappa shape index (κ1) is 16.3. The number of hydrogen-bond donors (Lipinski definition) is 0. The van der Waals surface area contributed by atoms with Crippen LogP contribution in [0.3, 0.4) is 0 Å². The van der Waals surface area contributed by atoms with E-state index >= 15 is 0 Å². The van der Waals surface area contributed by atoms with Crippen molar-refractivity contribution in [1.29, 1.82) is 0 Å². The highest BCUT2D eigenvalue weighted by Crippen LogP contribution is 2.27. The molecule has 2 unspecified atom stereocenters. The van der Waals surface area contributed by atoms with Crippen molar-refractivity contribution in [1.82, 2.24) is 4.90 Å². The van der Waals surface area contributed by atoms with Crippen molar-refractivity contribution in [3.63, 3.8) is 0 Å². The van der Waals surface area contributed by atoms with Gasteiger partial charge in [0.15, 0.2) is 0 Å². The maximum atomic E-state index is 12.5. The number of carbonyl (C=O) groups excluding carboxylic acids is 1. The highest BCUT2D eigenvalue weighted by Gasteiger charge is 2.31. The minimum Gasteiger partial charge on any atom is -0.497 e. The third-order valence-corrected chi connectivity index (χ3v) is 4.10. The van der Waals surface area contributed by atoms with E-state index in [0.717, 1.165) is 11.3 Å². The summed E-state index contributed by atoms with van der Waals surface area (Å²) in [6.45, 7) is 2.89. The lowest BCUT2D eigenvalue weighted by Crippen LogP contribution is -2.49. The van der Waals surface area contributed by atoms with Gasteiger partial charge in [0.05, 0.1) is 26.3 Å². The van der Waals surface area contributed by atoms with Crippen LogP contribution in [0.15, 0.2) is 54.6 Å². The average molecular weight is 327 g/mol. The fourth-order valence-corrected chi connectivity index (χ4v) is 2.68. The van der Waals surface area contributed by atoms with Crippen LogP contribution in [0.5, 0.6) is 11.5 Å². The van der Waals surface area contributed by atoms with Gasteiger partial charge in [-0.1, -0.05) is 30.3 Å². The predicted octanol–water partition coefficient (Wildman–Crippen LogP) is 3.66. The molecule has 3 rings (SSSR count). The normalized spacial score (nSPS) is 20.5. The third-order valence-electron chi connectivity index (χ3n) is 4.10. The Hall–Kier alpha value is -2.53. The van der Waals surface area contributed by atoms with E-state index < -0.39 is 0 Å². The fraction of sp³-hybridized carbons (Fsp3) is 0.316. The van der Waals surface area contributed by atoms with Gasteiger partial charge in [-0.25, -0.2) is 4.79 Å². The van der Waals surface area contributed by atoms with Crippen LogP contribution in [-0.2, 0) is 4.74 Å². The number of benzene rings is 2. The number of methoxy groups -OCH3 is 1. The number of carbonyl (C=O) groups is 1. The van der Waals surface area contributed by atoms with E-state index in [1.807, 2.05) is 49.4 Å². The number of para-hydroxylation sites is 1. The summed E-state index contributed by atoms with van der Waals surface area (Å²) in [5.74, 6) is 1.34. The molecule has 5 nitrogen and oxygen atoms in total. The van der Waals surface area contributed by atoms with Crippen molar-refractivity contribution < 1.29 is 19.0 Å². The molecule has 1 fully saturated rings. The van der Waals surface area contributed by atoms with Crippen molar-refractivity contribution in [3.8, 4) is 11.5 Å². The van der Waals surface area contributed by atoms with Crippen molar-refractivity contribution in [3.05, 3.63) is 60.2 Å². The number of nitrogens with zero attached hydrogens (tertiary/aromatic N) is 1. The van der Waals surface area contributed by atoms with E-state index in [1.165, 1.54) is 0 Å². The maximum Gasteiger partial charge on any atom is 0.415 e. The Morgan fingerprint density at radius 3 is 2.46 bits per heavy atom. The largest absolute Gasteiger partial charge is 0.497 e. The molecule has 0 spiro atoms. The summed E-state index contributed by atoms with van der Waals surface area (Å²) < 4.78 is 16.5. The van der Waals surface area contributed by atoms with Crippen molar-refractivity contribution in [2.45, 2.75) is 19.1 Å². The van der Waals surface area contributed by atoms with E-state index in [9.17, 15) is 4.79 Å². The molecule has 5 heteroatoms. The van der Waals surface area contributed by atoms with Crippen LogP contribution < -0.4 is 9.47 Å². The zero-order valence-electron chi connectivity index (χ0n) is 13.8. The molecule has 126 valence electrons. The molecular formula is C19H21NO4. The Kier molecular flexibility index (Phi) is 5.01. The molecule has 0 saturated carbocycles. The standard InChI is InChI=1S/C19H21NO4/c1-14-13-23-18(15-8-10-16(22-2)11-9-15)12-20(14)19(21)24-17-6-4-3-5-7-17/h3-11,14,18H,12-13H2,1-2H3. The molecule has 0 radical (unpaired) electrons. The molecule has 2 aromatic carbocycles. The fourth-order valence-electron chi connectivity index (χ4n) is 2.68. The van der Waals surface area contributed by atoms with E-state index in [1.54, 1.807) is 24.1 Å². The second-order valence-electron chi connectivity index (χ2n) is 5.78. The third kappa shape index (κ3) is 3.68. The lowest BCUT2D eigenvalue weighted by Gasteiger charge is -2.37. The Labute approximate surface area is 141 Å². The zero-order chi connectivity index (χ0) is 16.9. The van der Waals surface area contributed by atoms with Crippen LogP contribution in [0, 0.1) is 0 Å². The summed E-state index contributed by atoms with van der Waals surface area (Å²) in [4.78, 5) is 14.2. The van der Waals surface area contributed by atoms with Crippen molar-refractivity contribution in [2.24, 2.45) is 0 Å². The van der Waals surface area contributed by atoms with Crippen molar-refractivity contribution in [2.75, 3.05) is 20.3 Å². The van der Waals surface area contributed by atoms with Gasteiger partial charge in [-0.05, 0) is 36.8 Å². The quantitative estimate of drug-likeness (QED) is 0.863. The number of ether oxygens (including phenoxy) is 3. The Balaban J connectivity index is 1.69. The van der Waals surface area contributed by atoms with E-state index in [2.05, 4.69) is 0 Å². The van der Waals surface area contributed by atoms with Crippen LogP contribution in [0.2, 0.25) is 0 Å². The first-order chi connectivity index (χ1) is 11.7. The molecular weight excluding hydrogens is 306 g/mol. The highest BCUT2D eigenvalue weighted by molar-refractivity contribution is 5.71. The molecule has 1 amide bonds. The monoisotopic (exact) mass is 327 g/mol. The first-order valence-corrected chi connectivity index (χ1v) is 7.96. The minimum atomic E-state index is -0.351. The van der Waals surface area contributed by atoms with Gasteiger partial charge in [0, 0.05) is 0 Å². The molecule has 24 heavy (non-hydrogen) atoms. The number of amides is 1. The highest BCUT2D eigenvalue weighted by atomic mass is 16.6. The van der Waals surface area contributed by atoms with Gasteiger partial charge in [-0.15, -0.1) is 0 Å². The Morgan fingerprint density at radius 2 is 1.79 bits per heavy atom. The number of rotatable bonds is 3. The van der Waals surface area contributed by atoms with Crippen LogP contribution >= 0.6 is 0 Å². The summed E-state index contributed by atoms with van der Waals surface area (Å²) in [5.41, 5.74) is 1.01. The first-order valence-electron chi connectivity index (χ1n) is 7.96. The maximum absolute atomic E-state index is 12.5. The number of morpholine rings is 1. The van der Waals surface area contributed by atoms with E-state index in [0.29, 0.717) is 18.9 Å². The van der Waals surface area contributed by atoms with E-state index in [4.69, 9.17) is 14.2 Å². The van der Waals surface area contributed by atoms with Crippen LogP contribution in [0.4, 0.5) is 4.79 Å². The molecule has 0 aromatic heterocycles. The Morgan fingerprint density at radius 1 is 1.08 bits per heavy atom.